The standard InChI is InChI=1S/C11H15Cl2N3/c12-5-7-16(8-6-13)11-3-1-10(2-4-11)9-15-14/h1-4,9H,5-8,14H2/b15-9+. The van der Waals surface area contributed by atoms with Gasteiger partial charge < -0.3 is 10.7 Å². The Morgan fingerprint density at radius 3 is 2.12 bits per heavy atom. The van der Waals surface area contributed by atoms with Gasteiger partial charge in [0, 0.05) is 30.5 Å². The largest absolute Gasteiger partial charge is 0.369 e. The summed E-state index contributed by atoms with van der Waals surface area (Å²) in [4.78, 5) is 2.14. The molecule has 0 atom stereocenters. The zero-order chi connectivity index (χ0) is 11.8. The van der Waals surface area contributed by atoms with Gasteiger partial charge >= 0.3 is 0 Å². The van der Waals surface area contributed by atoms with Gasteiger partial charge in [-0.3, -0.25) is 0 Å². The number of hydrazone groups is 1. The van der Waals surface area contributed by atoms with Crippen LogP contribution in [0.25, 0.3) is 0 Å². The Morgan fingerprint density at radius 2 is 1.69 bits per heavy atom. The van der Waals surface area contributed by atoms with E-state index in [-0.39, 0.29) is 0 Å². The fourth-order valence-corrected chi connectivity index (χ4v) is 1.84. The van der Waals surface area contributed by atoms with E-state index in [1.807, 2.05) is 24.3 Å². The average Bonchev–Trinajstić information content (AvgIpc) is 2.30. The number of hydrogen-bond donors (Lipinski definition) is 1. The van der Waals surface area contributed by atoms with E-state index in [1.165, 1.54) is 0 Å². The van der Waals surface area contributed by atoms with Crippen molar-refractivity contribution in [3.8, 4) is 0 Å². The second kappa shape index (κ2) is 7.36. The SMILES string of the molecule is N/N=C/c1ccc(N(CCCl)CCCl)cc1. The zero-order valence-corrected chi connectivity index (χ0v) is 10.5. The topological polar surface area (TPSA) is 41.6 Å². The van der Waals surface area contributed by atoms with Crippen molar-refractivity contribution in [1.82, 2.24) is 0 Å². The number of anilines is 1. The number of benzene rings is 1. The van der Waals surface area contributed by atoms with Crippen molar-refractivity contribution in [2.45, 2.75) is 0 Å². The van der Waals surface area contributed by atoms with Crippen LogP contribution in [-0.2, 0) is 0 Å². The molecule has 16 heavy (non-hydrogen) atoms. The van der Waals surface area contributed by atoms with Gasteiger partial charge in [0.2, 0.25) is 0 Å². The van der Waals surface area contributed by atoms with Gasteiger partial charge in [-0.25, -0.2) is 0 Å². The van der Waals surface area contributed by atoms with Crippen molar-refractivity contribution < 1.29 is 0 Å². The molecular weight excluding hydrogens is 245 g/mol. The minimum absolute atomic E-state index is 0.586. The first-order valence-electron chi connectivity index (χ1n) is 5.02. The van der Waals surface area contributed by atoms with Gasteiger partial charge in [0.15, 0.2) is 0 Å². The van der Waals surface area contributed by atoms with Gasteiger partial charge in [0.05, 0.1) is 6.21 Å². The van der Waals surface area contributed by atoms with Gasteiger partial charge in [-0.1, -0.05) is 12.1 Å². The summed E-state index contributed by atoms with van der Waals surface area (Å²) in [6, 6.07) is 7.94. The van der Waals surface area contributed by atoms with E-state index >= 15 is 0 Å². The van der Waals surface area contributed by atoms with Gasteiger partial charge in [-0.05, 0) is 17.7 Å². The van der Waals surface area contributed by atoms with E-state index < -0.39 is 0 Å². The molecule has 1 rings (SSSR count). The molecule has 5 heteroatoms. The zero-order valence-electron chi connectivity index (χ0n) is 8.94. The summed E-state index contributed by atoms with van der Waals surface area (Å²) < 4.78 is 0. The van der Waals surface area contributed by atoms with Crippen LogP contribution >= 0.6 is 23.2 Å². The molecule has 88 valence electrons. The molecule has 0 spiro atoms. The fourth-order valence-electron chi connectivity index (χ4n) is 1.43. The molecule has 0 saturated heterocycles. The number of nitrogens with zero attached hydrogens (tertiary/aromatic N) is 2. The molecule has 0 aliphatic carbocycles. The fraction of sp³-hybridized carbons (Fsp3) is 0.364. The normalized spacial score (nSPS) is 10.9. The van der Waals surface area contributed by atoms with Crippen molar-refractivity contribution in [2.24, 2.45) is 10.9 Å². The summed E-state index contributed by atoms with van der Waals surface area (Å²) in [6.45, 7) is 1.58. The van der Waals surface area contributed by atoms with Crippen LogP contribution in [0.1, 0.15) is 5.56 Å². The molecule has 0 heterocycles. The van der Waals surface area contributed by atoms with Crippen LogP contribution in [0, 0.1) is 0 Å². The van der Waals surface area contributed by atoms with Gasteiger partial charge in [0.1, 0.15) is 0 Å². The summed E-state index contributed by atoms with van der Waals surface area (Å²) >= 11 is 11.5. The number of hydrogen-bond acceptors (Lipinski definition) is 3. The first kappa shape index (κ1) is 13.1. The van der Waals surface area contributed by atoms with E-state index in [9.17, 15) is 0 Å². The molecule has 0 saturated carbocycles. The summed E-state index contributed by atoms with van der Waals surface area (Å²) in [7, 11) is 0. The van der Waals surface area contributed by atoms with E-state index in [0.717, 1.165) is 24.3 Å². The molecule has 0 fully saturated rings. The molecule has 0 amide bonds. The van der Waals surface area contributed by atoms with Crippen molar-refractivity contribution in [3.05, 3.63) is 29.8 Å². The van der Waals surface area contributed by atoms with Crippen molar-refractivity contribution in [1.29, 1.82) is 0 Å². The van der Waals surface area contributed by atoms with Crippen LogP contribution in [-0.4, -0.2) is 31.1 Å². The Bertz CT molecular complexity index is 319. The van der Waals surface area contributed by atoms with Crippen LogP contribution < -0.4 is 10.7 Å². The lowest BCUT2D eigenvalue weighted by Crippen LogP contribution is -2.27. The number of rotatable bonds is 6. The van der Waals surface area contributed by atoms with E-state index in [4.69, 9.17) is 29.0 Å². The third-order valence-corrected chi connectivity index (χ3v) is 2.53. The van der Waals surface area contributed by atoms with Crippen molar-refractivity contribution >= 4 is 35.1 Å². The molecule has 0 aromatic heterocycles. The molecular formula is C11H15Cl2N3. The summed E-state index contributed by atoms with van der Waals surface area (Å²) in [5.41, 5.74) is 2.08. The smallest absolute Gasteiger partial charge is 0.0538 e. The Hall–Kier alpha value is -0.930. The highest BCUT2D eigenvalue weighted by Crippen LogP contribution is 2.14. The minimum Gasteiger partial charge on any atom is -0.369 e. The van der Waals surface area contributed by atoms with Crippen LogP contribution in [0.4, 0.5) is 5.69 Å². The predicted octanol–water partition coefficient (Wildman–Crippen LogP) is 2.26. The van der Waals surface area contributed by atoms with E-state index in [1.54, 1.807) is 6.21 Å². The van der Waals surface area contributed by atoms with Crippen LogP contribution in [0.2, 0.25) is 0 Å². The first-order chi connectivity index (χ1) is 7.81. The van der Waals surface area contributed by atoms with E-state index in [2.05, 4.69) is 10.0 Å². The Labute approximate surface area is 106 Å². The first-order valence-corrected chi connectivity index (χ1v) is 6.09. The lowest BCUT2D eigenvalue weighted by atomic mass is 10.2. The second-order valence-electron chi connectivity index (χ2n) is 3.23. The highest BCUT2D eigenvalue weighted by molar-refractivity contribution is 6.18. The van der Waals surface area contributed by atoms with Crippen LogP contribution in [0.15, 0.2) is 29.4 Å². The van der Waals surface area contributed by atoms with Crippen molar-refractivity contribution in [3.63, 3.8) is 0 Å². The third-order valence-electron chi connectivity index (χ3n) is 2.19. The molecule has 0 radical (unpaired) electrons. The maximum Gasteiger partial charge on any atom is 0.0538 e. The molecule has 0 unspecified atom stereocenters. The molecule has 3 nitrogen and oxygen atoms in total. The Balaban J connectivity index is 2.76. The summed E-state index contributed by atoms with van der Waals surface area (Å²) in [5, 5.41) is 3.47. The van der Waals surface area contributed by atoms with Crippen LogP contribution in [0.3, 0.4) is 0 Å². The van der Waals surface area contributed by atoms with Gasteiger partial charge in [-0.2, -0.15) is 5.10 Å². The predicted molar refractivity (Wildman–Crippen MR) is 71.9 cm³/mol. The van der Waals surface area contributed by atoms with Gasteiger partial charge in [0.25, 0.3) is 0 Å². The summed E-state index contributed by atoms with van der Waals surface area (Å²) in [5.74, 6) is 6.25. The van der Waals surface area contributed by atoms with Crippen LogP contribution in [0.5, 0.6) is 0 Å². The third kappa shape index (κ3) is 3.91. The highest BCUT2D eigenvalue weighted by Gasteiger charge is 2.04. The molecule has 0 bridgehead atoms. The molecule has 0 aliphatic rings. The molecule has 1 aromatic rings. The maximum atomic E-state index is 5.74. The quantitative estimate of drug-likeness (QED) is 0.369. The lowest BCUT2D eigenvalue weighted by molar-refractivity contribution is 0.874. The highest BCUT2D eigenvalue weighted by atomic mass is 35.5. The maximum absolute atomic E-state index is 5.74. The second-order valence-corrected chi connectivity index (χ2v) is 3.99. The molecule has 0 aliphatic heterocycles. The number of nitrogens with two attached hydrogens (primary N) is 1. The number of halogens is 2. The molecule has 2 N–H and O–H groups in total. The number of alkyl halides is 2. The van der Waals surface area contributed by atoms with Gasteiger partial charge in [-0.15, -0.1) is 23.2 Å². The average molecular weight is 260 g/mol. The minimum atomic E-state index is 0.586. The lowest BCUT2D eigenvalue weighted by Gasteiger charge is -2.22. The monoisotopic (exact) mass is 259 g/mol. The Morgan fingerprint density at radius 1 is 1.12 bits per heavy atom. The Kier molecular flexibility index (Phi) is 6.04. The van der Waals surface area contributed by atoms with Crippen molar-refractivity contribution in [2.75, 3.05) is 29.7 Å². The summed E-state index contributed by atoms with van der Waals surface area (Å²) in [6.07, 6.45) is 1.61. The van der Waals surface area contributed by atoms with E-state index in [0.29, 0.717) is 11.8 Å². The molecule has 1 aromatic carbocycles.